The molecular weight excluding hydrogens is 286 g/mol. The van der Waals surface area contributed by atoms with Crippen molar-refractivity contribution in [3.05, 3.63) is 28.3 Å². The van der Waals surface area contributed by atoms with Crippen molar-refractivity contribution < 1.29 is 14.5 Å². The van der Waals surface area contributed by atoms with E-state index in [1.165, 1.54) is 36.3 Å². The van der Waals surface area contributed by atoms with Gasteiger partial charge in [0.05, 0.1) is 22.8 Å². The van der Waals surface area contributed by atoms with Crippen molar-refractivity contribution in [3.8, 4) is 0 Å². The minimum atomic E-state index is -0.446. The number of anilines is 2. The molecule has 0 aromatic heterocycles. The molecule has 22 heavy (non-hydrogen) atoms. The Balaban J connectivity index is 1.92. The van der Waals surface area contributed by atoms with Crippen molar-refractivity contribution in [2.24, 2.45) is 5.92 Å². The zero-order valence-electron chi connectivity index (χ0n) is 12.5. The maximum Gasteiger partial charge on any atom is 0.414 e. The third-order valence-corrected chi connectivity index (χ3v) is 4.39. The number of rotatable bonds is 5. The number of nitrogens with zero attached hydrogens (tertiary/aromatic N) is 3. The first-order chi connectivity index (χ1) is 10.6. The van der Waals surface area contributed by atoms with Gasteiger partial charge in [-0.05, 0) is 24.8 Å². The monoisotopic (exact) mass is 305 g/mol. The third kappa shape index (κ3) is 2.70. The van der Waals surface area contributed by atoms with E-state index in [-0.39, 0.29) is 5.69 Å². The van der Waals surface area contributed by atoms with E-state index in [0.29, 0.717) is 24.8 Å². The van der Waals surface area contributed by atoms with Gasteiger partial charge in [0.2, 0.25) is 0 Å². The highest BCUT2D eigenvalue weighted by molar-refractivity contribution is 5.94. The van der Waals surface area contributed by atoms with Gasteiger partial charge in [0.1, 0.15) is 6.61 Å². The highest BCUT2D eigenvalue weighted by Gasteiger charge is 2.29. The number of non-ortho nitro benzene ring substituents is 1. The first-order valence-corrected chi connectivity index (χ1v) is 7.50. The predicted molar refractivity (Wildman–Crippen MR) is 82.4 cm³/mol. The molecule has 0 atom stereocenters. The molecule has 0 spiro atoms. The fourth-order valence-electron chi connectivity index (χ4n) is 2.94. The van der Waals surface area contributed by atoms with Crippen LogP contribution in [0.15, 0.2) is 18.2 Å². The van der Waals surface area contributed by atoms with Crippen LogP contribution < -0.4 is 9.80 Å². The molecule has 118 valence electrons. The summed E-state index contributed by atoms with van der Waals surface area (Å²) in [6.07, 6.45) is 3.26. The predicted octanol–water partition coefficient (Wildman–Crippen LogP) is 2.79. The zero-order chi connectivity index (χ0) is 15.7. The molecule has 3 rings (SSSR count). The van der Waals surface area contributed by atoms with E-state index in [1.54, 1.807) is 6.07 Å². The van der Waals surface area contributed by atoms with Crippen molar-refractivity contribution in [2.45, 2.75) is 19.3 Å². The number of cyclic esters (lactones) is 1. The number of ether oxygens (including phenoxy) is 1. The number of nitro groups is 1. The summed E-state index contributed by atoms with van der Waals surface area (Å²) >= 11 is 0. The molecule has 1 amide bonds. The van der Waals surface area contributed by atoms with Crippen LogP contribution in [-0.4, -0.2) is 37.8 Å². The molecule has 1 aliphatic heterocycles. The molecule has 1 saturated carbocycles. The third-order valence-electron chi connectivity index (χ3n) is 4.39. The lowest BCUT2D eigenvalue weighted by atomic mass is 9.85. The number of hydrogen-bond donors (Lipinski definition) is 0. The molecule has 0 N–H and O–H groups in total. The lowest BCUT2D eigenvalue weighted by Crippen LogP contribution is -2.32. The molecule has 2 fully saturated rings. The molecule has 2 aliphatic rings. The van der Waals surface area contributed by atoms with Gasteiger partial charge in [-0.15, -0.1) is 0 Å². The molecule has 0 radical (unpaired) electrons. The van der Waals surface area contributed by atoms with Gasteiger partial charge in [0.15, 0.2) is 0 Å². The van der Waals surface area contributed by atoms with E-state index in [4.69, 9.17) is 4.74 Å². The Hall–Kier alpha value is -2.31. The van der Waals surface area contributed by atoms with Crippen LogP contribution in [0.2, 0.25) is 0 Å². The zero-order valence-corrected chi connectivity index (χ0v) is 12.5. The van der Waals surface area contributed by atoms with Crippen molar-refractivity contribution in [1.29, 1.82) is 0 Å². The van der Waals surface area contributed by atoms with Crippen LogP contribution in [0.5, 0.6) is 0 Å². The molecule has 1 aliphatic carbocycles. The summed E-state index contributed by atoms with van der Waals surface area (Å²) < 4.78 is 4.97. The summed E-state index contributed by atoms with van der Waals surface area (Å²) in [5.41, 5.74) is 1.37. The lowest BCUT2D eigenvalue weighted by molar-refractivity contribution is -0.384. The van der Waals surface area contributed by atoms with Crippen molar-refractivity contribution in [3.63, 3.8) is 0 Å². The van der Waals surface area contributed by atoms with E-state index in [2.05, 4.69) is 4.90 Å². The number of benzene rings is 1. The van der Waals surface area contributed by atoms with Crippen LogP contribution in [0.3, 0.4) is 0 Å². The van der Waals surface area contributed by atoms with Gasteiger partial charge in [-0.25, -0.2) is 4.79 Å². The lowest BCUT2D eigenvalue weighted by Gasteiger charge is -2.33. The van der Waals surface area contributed by atoms with Gasteiger partial charge in [0.25, 0.3) is 5.69 Å². The van der Waals surface area contributed by atoms with E-state index < -0.39 is 11.0 Å². The maximum absolute atomic E-state index is 11.8. The summed E-state index contributed by atoms with van der Waals surface area (Å²) in [4.78, 5) is 26.0. The van der Waals surface area contributed by atoms with Gasteiger partial charge in [-0.3, -0.25) is 15.0 Å². The van der Waals surface area contributed by atoms with E-state index in [9.17, 15) is 14.9 Å². The number of carbonyl (C=O) groups excluding carboxylic acids is 1. The Labute approximate surface area is 128 Å². The standard InChI is InChI=1S/C15H19N3O4/c1-16(10-11-3-2-4-11)13-6-5-12(18(20)21)9-14(13)17-7-8-22-15(17)19/h5-6,9,11H,2-4,7-8,10H2,1H3. The topological polar surface area (TPSA) is 75.9 Å². The summed E-state index contributed by atoms with van der Waals surface area (Å²) in [7, 11) is 1.96. The van der Waals surface area contributed by atoms with Crippen molar-refractivity contribution in [1.82, 2.24) is 0 Å². The second-order valence-electron chi connectivity index (χ2n) is 5.87. The van der Waals surface area contributed by atoms with Crippen LogP contribution in [0, 0.1) is 16.0 Å². The van der Waals surface area contributed by atoms with Gasteiger partial charge in [-0.1, -0.05) is 6.42 Å². The fourth-order valence-corrected chi connectivity index (χ4v) is 2.94. The molecule has 1 aromatic rings. The van der Waals surface area contributed by atoms with E-state index in [0.717, 1.165) is 12.2 Å². The van der Waals surface area contributed by atoms with Gasteiger partial charge in [0, 0.05) is 25.7 Å². The highest BCUT2D eigenvalue weighted by Crippen LogP contribution is 2.36. The molecule has 0 bridgehead atoms. The number of hydrogen-bond acceptors (Lipinski definition) is 5. The van der Waals surface area contributed by atoms with Crippen LogP contribution in [-0.2, 0) is 4.74 Å². The Morgan fingerprint density at radius 2 is 2.23 bits per heavy atom. The molecule has 1 aromatic carbocycles. The fraction of sp³-hybridized carbons (Fsp3) is 0.533. The first-order valence-electron chi connectivity index (χ1n) is 7.50. The Morgan fingerprint density at radius 1 is 1.45 bits per heavy atom. The second-order valence-corrected chi connectivity index (χ2v) is 5.87. The van der Waals surface area contributed by atoms with Crippen molar-refractivity contribution >= 4 is 23.2 Å². The SMILES string of the molecule is CN(CC1CCC1)c1ccc([N+](=O)[O-])cc1N1CCOC1=O. The highest BCUT2D eigenvalue weighted by atomic mass is 16.6. The number of carbonyl (C=O) groups is 1. The average Bonchev–Trinajstić information content (AvgIpc) is 2.88. The number of amides is 1. The van der Waals surface area contributed by atoms with Gasteiger partial charge >= 0.3 is 6.09 Å². The maximum atomic E-state index is 11.8. The van der Waals surface area contributed by atoms with Crippen LogP contribution in [0.25, 0.3) is 0 Å². The normalized spacial score (nSPS) is 18.0. The Bertz CT molecular complexity index is 600. The molecular formula is C15H19N3O4. The summed E-state index contributed by atoms with van der Waals surface area (Å²) in [6, 6.07) is 4.66. The quantitative estimate of drug-likeness (QED) is 0.617. The molecule has 1 saturated heterocycles. The smallest absolute Gasteiger partial charge is 0.414 e. The van der Waals surface area contributed by atoms with E-state index in [1.807, 2.05) is 7.05 Å². The molecule has 1 heterocycles. The largest absolute Gasteiger partial charge is 0.447 e. The van der Waals surface area contributed by atoms with Gasteiger partial charge < -0.3 is 9.64 Å². The minimum absolute atomic E-state index is 0.0181. The molecule has 0 unspecified atom stereocenters. The van der Waals surface area contributed by atoms with Crippen LogP contribution in [0.4, 0.5) is 21.9 Å². The van der Waals surface area contributed by atoms with Crippen LogP contribution >= 0.6 is 0 Å². The summed E-state index contributed by atoms with van der Waals surface area (Å²) in [5.74, 6) is 0.665. The first kappa shape index (κ1) is 14.6. The molecule has 7 heteroatoms. The molecule has 7 nitrogen and oxygen atoms in total. The van der Waals surface area contributed by atoms with E-state index >= 15 is 0 Å². The Morgan fingerprint density at radius 3 is 2.77 bits per heavy atom. The second kappa shape index (κ2) is 5.82. The van der Waals surface area contributed by atoms with Crippen molar-refractivity contribution in [2.75, 3.05) is 36.5 Å². The van der Waals surface area contributed by atoms with Crippen LogP contribution in [0.1, 0.15) is 19.3 Å². The minimum Gasteiger partial charge on any atom is -0.447 e. The number of nitro benzene ring substituents is 1. The Kier molecular flexibility index (Phi) is 3.87. The summed E-state index contributed by atoms with van der Waals surface area (Å²) in [6.45, 7) is 1.63. The van der Waals surface area contributed by atoms with Gasteiger partial charge in [-0.2, -0.15) is 0 Å². The summed E-state index contributed by atoms with van der Waals surface area (Å²) in [5, 5.41) is 11.0. The average molecular weight is 305 g/mol.